The summed E-state index contributed by atoms with van der Waals surface area (Å²) >= 11 is 0. The molecule has 0 aromatic carbocycles. The zero-order valence-corrected chi connectivity index (χ0v) is 54.0. The van der Waals surface area contributed by atoms with Gasteiger partial charge in [-0.05, 0) is 83.5 Å². The van der Waals surface area contributed by atoms with E-state index in [-0.39, 0.29) is 32.0 Å². The van der Waals surface area contributed by atoms with Crippen LogP contribution in [0.25, 0.3) is 0 Å². The highest BCUT2D eigenvalue weighted by Crippen LogP contribution is 2.43. The number of hydrogen-bond acceptors (Lipinski definition) is 7. The van der Waals surface area contributed by atoms with Crippen LogP contribution in [0.4, 0.5) is 0 Å². The van der Waals surface area contributed by atoms with Crippen molar-refractivity contribution in [1.82, 2.24) is 0 Å². The van der Waals surface area contributed by atoms with Crippen LogP contribution < -0.4 is 0 Å². The Morgan fingerprint density at radius 2 is 0.713 bits per heavy atom. The summed E-state index contributed by atoms with van der Waals surface area (Å²) < 4.78 is 34.7. The number of nitrogens with zero attached hydrogens (tertiary/aromatic N) is 1. The van der Waals surface area contributed by atoms with E-state index in [4.69, 9.17) is 18.5 Å². The molecular formula is C70H129NO8P+. The monoisotopic (exact) mass is 1140 g/mol. The van der Waals surface area contributed by atoms with Gasteiger partial charge in [-0.25, -0.2) is 4.57 Å². The molecule has 0 aliphatic heterocycles. The molecule has 0 aromatic rings. The molecule has 10 heteroatoms. The molecule has 9 nitrogen and oxygen atoms in total. The van der Waals surface area contributed by atoms with Crippen LogP contribution in [0, 0.1) is 0 Å². The zero-order valence-electron chi connectivity index (χ0n) is 53.1. The topological polar surface area (TPSA) is 108 Å². The fourth-order valence-corrected chi connectivity index (χ4v) is 10.3. The van der Waals surface area contributed by atoms with Crippen LogP contribution in [0.1, 0.15) is 309 Å². The average Bonchev–Trinajstić information content (AvgIpc) is 3.42. The Labute approximate surface area is 495 Å². The van der Waals surface area contributed by atoms with Gasteiger partial charge in [-0.2, -0.15) is 0 Å². The van der Waals surface area contributed by atoms with Crippen LogP contribution in [-0.2, 0) is 32.7 Å². The predicted molar refractivity (Wildman–Crippen MR) is 344 cm³/mol. The number of phosphoric ester groups is 1. The molecule has 2 unspecified atom stereocenters. The summed E-state index contributed by atoms with van der Waals surface area (Å²) in [4.78, 5) is 35.8. The first-order valence-electron chi connectivity index (χ1n) is 33.7. The van der Waals surface area contributed by atoms with E-state index in [1.807, 2.05) is 21.1 Å². The Bertz CT molecular complexity index is 1580. The summed E-state index contributed by atoms with van der Waals surface area (Å²) in [5, 5.41) is 0. The Hall–Kier alpha value is -2.55. The number of rotatable bonds is 62. The molecule has 0 spiro atoms. The minimum Gasteiger partial charge on any atom is -0.462 e. The van der Waals surface area contributed by atoms with E-state index in [1.165, 1.54) is 199 Å². The van der Waals surface area contributed by atoms with E-state index < -0.39 is 26.5 Å². The van der Waals surface area contributed by atoms with Crippen molar-refractivity contribution in [2.45, 2.75) is 315 Å². The van der Waals surface area contributed by atoms with E-state index in [0.717, 1.165) is 77.0 Å². The standard InChI is InChI=1S/C70H128NO8P/c1-6-8-10-12-14-16-18-20-22-24-26-28-30-31-32-33-34-35-36-37-38-39-41-42-44-46-48-50-52-54-56-58-60-62-69(72)76-66-68(67-78-80(74,75)77-65-64-71(3,4)5)79-70(73)63-61-59-57-55-53-51-49-47-45-43-40-29-27-25-23-21-19-17-15-13-11-9-7-2/h9,11,15,17,21,23-24,26-27,29,43,45,68H,6-8,10,12-14,16,18-20,22,25,28,30-42,44,46-67H2,1-5H3/p+1/b11-9-,17-15-,23-21-,26-24-,29-27-,45-43-. The van der Waals surface area contributed by atoms with Gasteiger partial charge < -0.3 is 18.9 Å². The van der Waals surface area contributed by atoms with Crippen molar-refractivity contribution >= 4 is 19.8 Å². The number of allylic oxidation sites excluding steroid dienone is 12. The summed E-state index contributed by atoms with van der Waals surface area (Å²) in [6.45, 7) is 4.34. The van der Waals surface area contributed by atoms with Crippen molar-refractivity contribution in [2.24, 2.45) is 0 Å². The molecule has 1 N–H and O–H groups in total. The zero-order chi connectivity index (χ0) is 58.4. The molecule has 80 heavy (non-hydrogen) atoms. The van der Waals surface area contributed by atoms with Crippen LogP contribution in [0.15, 0.2) is 72.9 Å². The van der Waals surface area contributed by atoms with Gasteiger partial charge in [-0.15, -0.1) is 0 Å². The third-order valence-electron chi connectivity index (χ3n) is 14.7. The first kappa shape index (κ1) is 77.5. The van der Waals surface area contributed by atoms with Gasteiger partial charge in [0.15, 0.2) is 6.10 Å². The Morgan fingerprint density at radius 3 is 1.07 bits per heavy atom. The second-order valence-electron chi connectivity index (χ2n) is 23.8. The van der Waals surface area contributed by atoms with Gasteiger partial charge in [0.05, 0.1) is 27.7 Å². The van der Waals surface area contributed by atoms with Crippen molar-refractivity contribution in [1.29, 1.82) is 0 Å². The number of carbonyl (C=O) groups is 2. The number of unbranched alkanes of at least 4 members (excludes halogenated alkanes) is 36. The lowest BCUT2D eigenvalue weighted by atomic mass is 10.0. The minimum atomic E-state index is -4.40. The number of esters is 2. The number of likely N-dealkylation sites (N-methyl/N-ethyl adjacent to an activating group) is 1. The lowest BCUT2D eigenvalue weighted by Crippen LogP contribution is -2.37. The maximum absolute atomic E-state index is 12.8. The molecule has 2 atom stereocenters. The van der Waals surface area contributed by atoms with Gasteiger partial charge in [-0.1, -0.05) is 286 Å². The first-order valence-corrected chi connectivity index (χ1v) is 35.2. The number of phosphoric acid groups is 1. The number of carbonyl (C=O) groups excluding carboxylic acids is 2. The Balaban J connectivity index is 4.03. The van der Waals surface area contributed by atoms with E-state index in [9.17, 15) is 19.0 Å². The lowest BCUT2D eigenvalue weighted by Gasteiger charge is -2.24. The molecular weight excluding hydrogens is 1010 g/mol. The minimum absolute atomic E-state index is 0.0276. The van der Waals surface area contributed by atoms with Gasteiger partial charge in [-0.3, -0.25) is 18.6 Å². The molecule has 0 radical (unpaired) electrons. The fourth-order valence-electron chi connectivity index (χ4n) is 9.57. The lowest BCUT2D eigenvalue weighted by molar-refractivity contribution is -0.870. The first-order chi connectivity index (χ1) is 39.0. The Morgan fingerprint density at radius 1 is 0.400 bits per heavy atom. The highest BCUT2D eigenvalue weighted by molar-refractivity contribution is 7.47. The third kappa shape index (κ3) is 64.6. The highest BCUT2D eigenvalue weighted by Gasteiger charge is 2.27. The molecule has 0 rings (SSSR count). The van der Waals surface area contributed by atoms with E-state index in [0.29, 0.717) is 17.4 Å². The van der Waals surface area contributed by atoms with Gasteiger partial charge in [0.1, 0.15) is 19.8 Å². The quantitative estimate of drug-likeness (QED) is 0.0211. The molecule has 0 bridgehead atoms. The molecule has 0 amide bonds. The largest absolute Gasteiger partial charge is 0.472 e. The molecule has 0 heterocycles. The number of hydrogen-bond donors (Lipinski definition) is 1. The van der Waals surface area contributed by atoms with E-state index >= 15 is 0 Å². The third-order valence-corrected chi connectivity index (χ3v) is 15.7. The smallest absolute Gasteiger partial charge is 0.462 e. The van der Waals surface area contributed by atoms with Gasteiger partial charge in [0.2, 0.25) is 0 Å². The van der Waals surface area contributed by atoms with Crippen molar-refractivity contribution in [3.05, 3.63) is 72.9 Å². The van der Waals surface area contributed by atoms with Crippen molar-refractivity contribution in [3.63, 3.8) is 0 Å². The summed E-state index contributed by atoms with van der Waals surface area (Å²) in [7, 11) is 1.47. The second-order valence-corrected chi connectivity index (χ2v) is 25.3. The number of ether oxygens (including phenoxy) is 2. The second kappa shape index (κ2) is 61.0. The molecule has 0 saturated carbocycles. The summed E-state index contributed by atoms with van der Waals surface area (Å²) in [6.07, 6.45) is 81.5. The maximum atomic E-state index is 12.8. The highest BCUT2D eigenvalue weighted by atomic mass is 31.2. The van der Waals surface area contributed by atoms with Gasteiger partial charge in [0, 0.05) is 12.8 Å². The van der Waals surface area contributed by atoms with Crippen LogP contribution in [0.2, 0.25) is 0 Å². The molecule has 0 aliphatic carbocycles. The van der Waals surface area contributed by atoms with Crippen LogP contribution in [-0.4, -0.2) is 74.9 Å². The normalized spacial score (nSPS) is 13.6. The molecule has 0 aliphatic rings. The molecule has 0 fully saturated rings. The summed E-state index contributed by atoms with van der Waals surface area (Å²) in [5.74, 6) is -0.801. The number of quaternary nitrogens is 1. The predicted octanol–water partition coefficient (Wildman–Crippen LogP) is 21.6. The van der Waals surface area contributed by atoms with Gasteiger partial charge in [0.25, 0.3) is 0 Å². The van der Waals surface area contributed by atoms with E-state index in [2.05, 4.69) is 86.8 Å². The van der Waals surface area contributed by atoms with Crippen molar-refractivity contribution in [3.8, 4) is 0 Å². The van der Waals surface area contributed by atoms with Crippen LogP contribution in [0.5, 0.6) is 0 Å². The van der Waals surface area contributed by atoms with Crippen molar-refractivity contribution < 1.29 is 42.1 Å². The Kier molecular flexibility index (Phi) is 59.1. The van der Waals surface area contributed by atoms with Gasteiger partial charge >= 0.3 is 19.8 Å². The fraction of sp³-hybridized carbons (Fsp3) is 0.800. The molecule has 466 valence electrons. The van der Waals surface area contributed by atoms with Crippen LogP contribution >= 0.6 is 7.82 Å². The molecule has 0 aromatic heterocycles. The average molecular weight is 1140 g/mol. The molecule has 0 saturated heterocycles. The van der Waals surface area contributed by atoms with Crippen molar-refractivity contribution in [2.75, 3.05) is 47.5 Å². The maximum Gasteiger partial charge on any atom is 0.472 e. The van der Waals surface area contributed by atoms with Crippen LogP contribution in [0.3, 0.4) is 0 Å². The van der Waals surface area contributed by atoms with E-state index in [1.54, 1.807) is 0 Å². The summed E-state index contributed by atoms with van der Waals surface area (Å²) in [5.41, 5.74) is 0. The SMILES string of the molecule is CC/C=C\C/C=C\C/C=C\C/C=C\C/C=C\CCCCCCCCCC(=O)OC(COC(=O)CCCCCCCCCCCCCCCCCCCCCCC/C=C\CCCCCCCCCC)COP(=O)(O)OCC[N+](C)(C)C. The summed E-state index contributed by atoms with van der Waals surface area (Å²) in [6, 6.07) is 0.